The molecule has 0 aliphatic carbocycles. The Hall–Kier alpha value is -3.01. The van der Waals surface area contributed by atoms with Crippen LogP contribution in [0.4, 0.5) is 13.2 Å². The minimum atomic E-state index is -4.76. The van der Waals surface area contributed by atoms with Gasteiger partial charge in [0, 0.05) is 24.6 Å². The average Bonchev–Trinajstić information content (AvgIpc) is 2.66. The van der Waals surface area contributed by atoms with E-state index in [1.54, 1.807) is 35.2 Å². The van der Waals surface area contributed by atoms with Crippen LogP contribution in [0.3, 0.4) is 0 Å². The molecule has 2 aromatic carbocycles. The average molecular weight is 374 g/mol. The highest BCUT2D eigenvalue weighted by Crippen LogP contribution is 2.29. The van der Waals surface area contributed by atoms with Gasteiger partial charge in [-0.15, -0.1) is 13.2 Å². The van der Waals surface area contributed by atoms with E-state index < -0.39 is 6.36 Å². The molecule has 4 nitrogen and oxygen atoms in total. The standard InChI is InChI=1S/C20H17F3N2O2/c21-20(22,23)27-18-6-2-4-16(12-18)15-3-1-5-17(11-15)19(26)25-9-7-14(13-24)8-10-25/h1-6,11-12,14H,7-10H2. The van der Waals surface area contributed by atoms with Gasteiger partial charge in [0.05, 0.1) is 6.07 Å². The summed E-state index contributed by atoms with van der Waals surface area (Å²) in [7, 11) is 0. The number of halogens is 3. The fourth-order valence-electron chi connectivity index (χ4n) is 3.10. The lowest BCUT2D eigenvalue weighted by Gasteiger charge is -2.29. The first kappa shape index (κ1) is 18.8. The number of hydrogen-bond acceptors (Lipinski definition) is 3. The summed E-state index contributed by atoms with van der Waals surface area (Å²) in [6, 6.07) is 14.6. The van der Waals surface area contributed by atoms with Crippen molar-refractivity contribution in [2.75, 3.05) is 13.1 Å². The summed E-state index contributed by atoms with van der Waals surface area (Å²) in [4.78, 5) is 14.4. The van der Waals surface area contributed by atoms with Crippen LogP contribution in [0.15, 0.2) is 48.5 Å². The fraction of sp³-hybridized carbons (Fsp3) is 0.300. The zero-order chi connectivity index (χ0) is 19.4. The lowest BCUT2D eigenvalue weighted by atomic mass is 9.97. The molecule has 0 bridgehead atoms. The summed E-state index contributed by atoms with van der Waals surface area (Å²) in [6.45, 7) is 1.05. The number of carbonyl (C=O) groups excluding carboxylic acids is 1. The van der Waals surface area contributed by atoms with Crippen molar-refractivity contribution in [1.29, 1.82) is 5.26 Å². The summed E-state index contributed by atoms with van der Waals surface area (Å²) in [5.74, 6) is -0.469. The van der Waals surface area contributed by atoms with E-state index in [9.17, 15) is 18.0 Å². The van der Waals surface area contributed by atoms with E-state index in [0.717, 1.165) is 0 Å². The van der Waals surface area contributed by atoms with Crippen LogP contribution < -0.4 is 4.74 Å². The highest BCUT2D eigenvalue weighted by molar-refractivity contribution is 5.95. The molecule has 1 aliphatic rings. The predicted octanol–water partition coefficient (Wildman–Crippen LogP) is 4.63. The number of likely N-dealkylation sites (tertiary alicyclic amines) is 1. The molecule has 27 heavy (non-hydrogen) atoms. The largest absolute Gasteiger partial charge is 0.573 e. The van der Waals surface area contributed by atoms with Crippen molar-refractivity contribution in [2.45, 2.75) is 19.2 Å². The minimum absolute atomic E-state index is 0.0169. The Bertz CT molecular complexity index is 866. The zero-order valence-corrected chi connectivity index (χ0v) is 14.4. The number of benzene rings is 2. The van der Waals surface area contributed by atoms with Crippen molar-refractivity contribution >= 4 is 5.91 Å². The Labute approximate surface area is 154 Å². The fourth-order valence-corrected chi connectivity index (χ4v) is 3.10. The number of hydrogen-bond donors (Lipinski definition) is 0. The molecule has 1 aliphatic heterocycles. The number of amides is 1. The number of alkyl halides is 3. The molecular weight excluding hydrogens is 357 g/mol. The molecule has 2 aromatic rings. The summed E-state index contributed by atoms with van der Waals surface area (Å²) in [6.07, 6.45) is -3.45. The predicted molar refractivity (Wildman–Crippen MR) is 92.8 cm³/mol. The van der Waals surface area contributed by atoms with E-state index in [0.29, 0.717) is 42.6 Å². The minimum Gasteiger partial charge on any atom is -0.406 e. The maximum atomic E-state index is 12.7. The number of ether oxygens (including phenoxy) is 1. The molecule has 140 valence electrons. The first-order valence-electron chi connectivity index (χ1n) is 8.51. The van der Waals surface area contributed by atoms with Gasteiger partial charge in [0.25, 0.3) is 5.91 Å². The van der Waals surface area contributed by atoms with Crippen molar-refractivity contribution in [3.63, 3.8) is 0 Å². The summed E-state index contributed by atoms with van der Waals surface area (Å²) in [5.41, 5.74) is 1.61. The van der Waals surface area contributed by atoms with Crippen molar-refractivity contribution in [3.8, 4) is 22.9 Å². The molecule has 0 aromatic heterocycles. The van der Waals surface area contributed by atoms with E-state index in [-0.39, 0.29) is 17.6 Å². The van der Waals surface area contributed by atoms with Crippen LogP contribution in [0.1, 0.15) is 23.2 Å². The Morgan fingerprint density at radius 3 is 2.33 bits per heavy atom. The Balaban J connectivity index is 1.79. The van der Waals surface area contributed by atoms with Crippen LogP contribution in [0.2, 0.25) is 0 Å². The molecule has 1 fully saturated rings. The van der Waals surface area contributed by atoms with Gasteiger partial charge >= 0.3 is 6.36 Å². The van der Waals surface area contributed by atoms with E-state index in [2.05, 4.69) is 10.8 Å². The van der Waals surface area contributed by atoms with E-state index in [1.807, 2.05) is 0 Å². The molecule has 1 heterocycles. The maximum Gasteiger partial charge on any atom is 0.573 e. The number of piperidine rings is 1. The quantitative estimate of drug-likeness (QED) is 0.787. The Morgan fingerprint density at radius 2 is 1.70 bits per heavy atom. The topological polar surface area (TPSA) is 53.3 Å². The summed E-state index contributed by atoms with van der Waals surface area (Å²) in [5, 5.41) is 8.95. The summed E-state index contributed by atoms with van der Waals surface area (Å²) >= 11 is 0. The van der Waals surface area contributed by atoms with Gasteiger partial charge < -0.3 is 9.64 Å². The third-order valence-electron chi connectivity index (χ3n) is 4.48. The van der Waals surface area contributed by atoms with E-state index >= 15 is 0 Å². The third kappa shape index (κ3) is 4.79. The van der Waals surface area contributed by atoms with Crippen LogP contribution in [0, 0.1) is 17.2 Å². The molecule has 1 amide bonds. The lowest BCUT2D eigenvalue weighted by Crippen LogP contribution is -2.38. The molecule has 1 saturated heterocycles. The van der Waals surface area contributed by atoms with Gasteiger partial charge in [0.15, 0.2) is 0 Å². The van der Waals surface area contributed by atoms with Crippen LogP contribution in [-0.2, 0) is 0 Å². The van der Waals surface area contributed by atoms with Crippen LogP contribution in [0.5, 0.6) is 5.75 Å². The highest BCUT2D eigenvalue weighted by Gasteiger charge is 2.31. The van der Waals surface area contributed by atoms with Gasteiger partial charge in [0.1, 0.15) is 5.75 Å². The van der Waals surface area contributed by atoms with Gasteiger partial charge in [-0.05, 0) is 48.2 Å². The van der Waals surface area contributed by atoms with Crippen molar-refractivity contribution < 1.29 is 22.7 Å². The van der Waals surface area contributed by atoms with E-state index in [1.165, 1.54) is 18.2 Å². The van der Waals surface area contributed by atoms with Gasteiger partial charge in [0.2, 0.25) is 0 Å². The normalized spacial score (nSPS) is 15.3. The second-order valence-corrected chi connectivity index (χ2v) is 6.35. The monoisotopic (exact) mass is 374 g/mol. The number of nitrogens with zero attached hydrogens (tertiary/aromatic N) is 2. The van der Waals surface area contributed by atoms with Gasteiger partial charge in [-0.25, -0.2) is 0 Å². The van der Waals surface area contributed by atoms with Crippen molar-refractivity contribution in [2.24, 2.45) is 5.92 Å². The zero-order valence-electron chi connectivity index (χ0n) is 14.4. The van der Waals surface area contributed by atoms with Crippen LogP contribution in [0.25, 0.3) is 11.1 Å². The number of carbonyl (C=O) groups is 1. The Morgan fingerprint density at radius 1 is 1.07 bits per heavy atom. The number of nitriles is 1. The first-order chi connectivity index (χ1) is 12.9. The van der Waals surface area contributed by atoms with Gasteiger partial charge in [-0.1, -0.05) is 24.3 Å². The van der Waals surface area contributed by atoms with Crippen LogP contribution in [-0.4, -0.2) is 30.3 Å². The van der Waals surface area contributed by atoms with Gasteiger partial charge in [-0.3, -0.25) is 4.79 Å². The molecule has 0 N–H and O–H groups in total. The Kier molecular flexibility index (Phi) is 5.36. The summed E-state index contributed by atoms with van der Waals surface area (Å²) < 4.78 is 41.2. The van der Waals surface area contributed by atoms with Crippen LogP contribution >= 0.6 is 0 Å². The first-order valence-corrected chi connectivity index (χ1v) is 8.51. The highest BCUT2D eigenvalue weighted by atomic mass is 19.4. The maximum absolute atomic E-state index is 12.7. The molecule has 0 unspecified atom stereocenters. The van der Waals surface area contributed by atoms with E-state index in [4.69, 9.17) is 5.26 Å². The molecule has 0 atom stereocenters. The molecule has 7 heteroatoms. The number of rotatable bonds is 3. The smallest absolute Gasteiger partial charge is 0.406 e. The van der Waals surface area contributed by atoms with Crippen molar-refractivity contribution in [1.82, 2.24) is 4.90 Å². The lowest BCUT2D eigenvalue weighted by molar-refractivity contribution is -0.274. The molecule has 0 radical (unpaired) electrons. The molecule has 0 saturated carbocycles. The molecule has 0 spiro atoms. The second-order valence-electron chi connectivity index (χ2n) is 6.35. The van der Waals surface area contributed by atoms with Crippen molar-refractivity contribution in [3.05, 3.63) is 54.1 Å². The SMILES string of the molecule is N#CC1CCN(C(=O)c2cccc(-c3cccc(OC(F)(F)F)c3)c2)CC1. The second kappa shape index (κ2) is 7.70. The molecular formula is C20H17F3N2O2. The van der Waals surface area contributed by atoms with Gasteiger partial charge in [-0.2, -0.15) is 5.26 Å². The molecule has 3 rings (SSSR count). The third-order valence-corrected chi connectivity index (χ3v) is 4.48.